The summed E-state index contributed by atoms with van der Waals surface area (Å²) in [6, 6.07) is 13.4. The quantitative estimate of drug-likeness (QED) is 0.608. The highest BCUT2D eigenvalue weighted by Gasteiger charge is 2.28. The first-order chi connectivity index (χ1) is 14.0. The number of esters is 1. The molecule has 0 saturated carbocycles. The molecule has 0 radical (unpaired) electrons. The molecule has 0 aliphatic heterocycles. The largest absolute Gasteiger partial charge is 0.502 e. The van der Waals surface area contributed by atoms with Crippen LogP contribution in [0.15, 0.2) is 52.9 Å². The zero-order chi connectivity index (χ0) is 21.0. The van der Waals surface area contributed by atoms with Gasteiger partial charge in [-0.15, -0.1) is 0 Å². The van der Waals surface area contributed by atoms with E-state index in [1.54, 1.807) is 48.5 Å². The summed E-state index contributed by atoms with van der Waals surface area (Å²) in [7, 11) is 2.91. The molecule has 0 saturated heterocycles. The zero-order valence-corrected chi connectivity index (χ0v) is 16.0. The number of rotatable bonds is 6. The molecule has 150 valence electrons. The molecule has 29 heavy (non-hydrogen) atoms. The number of nitrogens with one attached hydrogen (secondary N) is 1. The van der Waals surface area contributed by atoms with Gasteiger partial charge < -0.3 is 23.7 Å². The van der Waals surface area contributed by atoms with E-state index in [2.05, 4.69) is 5.32 Å². The maximum atomic E-state index is 12.5. The van der Waals surface area contributed by atoms with Gasteiger partial charge in [-0.2, -0.15) is 0 Å². The summed E-state index contributed by atoms with van der Waals surface area (Å²) in [6.45, 7) is 1.17. The van der Waals surface area contributed by atoms with E-state index in [0.29, 0.717) is 22.6 Å². The van der Waals surface area contributed by atoms with Gasteiger partial charge in [-0.05, 0) is 24.3 Å². The SMILES string of the molecule is COc1cccc(-c2oc(NC(=O)c3ccccc3)c(OC(C)=O)c2O)c1OC. The number of para-hydroxylation sites is 1. The number of hydrogen-bond acceptors (Lipinski definition) is 7. The highest BCUT2D eigenvalue weighted by Crippen LogP contribution is 2.50. The molecule has 1 amide bonds. The minimum absolute atomic E-state index is 0.0552. The van der Waals surface area contributed by atoms with Crippen LogP contribution in [-0.2, 0) is 4.79 Å². The molecule has 0 fully saturated rings. The fraction of sp³-hybridized carbons (Fsp3) is 0.143. The first-order valence-electron chi connectivity index (χ1n) is 8.58. The lowest BCUT2D eigenvalue weighted by molar-refractivity contribution is -0.132. The number of hydrogen-bond donors (Lipinski definition) is 2. The number of amides is 1. The lowest BCUT2D eigenvalue weighted by Gasteiger charge is -2.11. The van der Waals surface area contributed by atoms with Gasteiger partial charge in [-0.25, -0.2) is 0 Å². The molecular weight excluding hydrogens is 378 g/mol. The molecule has 0 unspecified atom stereocenters. The number of aromatic hydroxyl groups is 1. The minimum Gasteiger partial charge on any atom is -0.502 e. The van der Waals surface area contributed by atoms with Crippen molar-refractivity contribution >= 4 is 17.8 Å². The first kappa shape index (κ1) is 19.8. The highest BCUT2D eigenvalue weighted by atomic mass is 16.6. The van der Waals surface area contributed by atoms with Crippen LogP contribution in [-0.4, -0.2) is 31.2 Å². The second-order valence-electron chi connectivity index (χ2n) is 5.89. The summed E-state index contributed by atoms with van der Waals surface area (Å²) < 4.78 is 21.4. The molecule has 3 aromatic rings. The second-order valence-corrected chi connectivity index (χ2v) is 5.89. The molecule has 3 rings (SSSR count). The van der Waals surface area contributed by atoms with Gasteiger partial charge in [-0.1, -0.05) is 24.3 Å². The Balaban J connectivity index is 2.09. The Morgan fingerprint density at radius 2 is 1.69 bits per heavy atom. The van der Waals surface area contributed by atoms with Crippen LogP contribution in [0.2, 0.25) is 0 Å². The van der Waals surface area contributed by atoms with Crippen LogP contribution in [0.5, 0.6) is 23.0 Å². The Morgan fingerprint density at radius 3 is 2.31 bits per heavy atom. The Hall–Kier alpha value is -3.94. The van der Waals surface area contributed by atoms with Gasteiger partial charge in [0.25, 0.3) is 5.91 Å². The minimum atomic E-state index is -0.694. The van der Waals surface area contributed by atoms with Crippen molar-refractivity contribution in [2.75, 3.05) is 19.5 Å². The summed E-state index contributed by atoms with van der Waals surface area (Å²) in [4.78, 5) is 24.0. The predicted molar refractivity (Wildman–Crippen MR) is 105 cm³/mol. The van der Waals surface area contributed by atoms with E-state index in [0.717, 1.165) is 0 Å². The van der Waals surface area contributed by atoms with E-state index in [-0.39, 0.29) is 17.4 Å². The van der Waals surface area contributed by atoms with Crippen LogP contribution in [0.3, 0.4) is 0 Å². The van der Waals surface area contributed by atoms with E-state index in [1.807, 2.05) is 0 Å². The van der Waals surface area contributed by atoms with Gasteiger partial charge in [0.1, 0.15) is 0 Å². The smallest absolute Gasteiger partial charge is 0.308 e. The average Bonchev–Trinajstić information content (AvgIpc) is 3.02. The van der Waals surface area contributed by atoms with Gasteiger partial charge in [0.2, 0.25) is 17.4 Å². The van der Waals surface area contributed by atoms with Crippen LogP contribution in [0.1, 0.15) is 17.3 Å². The standard InChI is InChI=1S/C21H19NO7/c1-12(23)28-19-16(24)18(14-10-7-11-15(26-2)17(14)27-3)29-21(19)22-20(25)13-8-5-4-6-9-13/h4-11,24H,1-3H3,(H,22,25). The third-order valence-corrected chi connectivity index (χ3v) is 4.00. The van der Waals surface area contributed by atoms with E-state index in [1.165, 1.54) is 21.1 Å². The third-order valence-electron chi connectivity index (χ3n) is 4.00. The van der Waals surface area contributed by atoms with Gasteiger partial charge >= 0.3 is 5.97 Å². The van der Waals surface area contributed by atoms with E-state index < -0.39 is 17.6 Å². The molecular formula is C21H19NO7. The first-order valence-corrected chi connectivity index (χ1v) is 8.58. The van der Waals surface area contributed by atoms with Crippen molar-refractivity contribution in [3.8, 4) is 34.3 Å². The monoisotopic (exact) mass is 397 g/mol. The van der Waals surface area contributed by atoms with Gasteiger partial charge in [-0.3, -0.25) is 14.9 Å². The molecule has 0 aliphatic carbocycles. The molecule has 8 nitrogen and oxygen atoms in total. The molecule has 1 heterocycles. The van der Waals surface area contributed by atoms with E-state index in [9.17, 15) is 14.7 Å². The maximum Gasteiger partial charge on any atom is 0.308 e. The lowest BCUT2D eigenvalue weighted by Crippen LogP contribution is -2.12. The number of anilines is 1. The third kappa shape index (κ3) is 4.01. The second kappa shape index (κ2) is 8.39. The fourth-order valence-electron chi connectivity index (χ4n) is 2.74. The van der Waals surface area contributed by atoms with Crippen molar-refractivity contribution in [2.45, 2.75) is 6.92 Å². The number of carbonyl (C=O) groups is 2. The molecule has 0 bridgehead atoms. The van der Waals surface area contributed by atoms with Gasteiger partial charge in [0.15, 0.2) is 17.3 Å². The number of ether oxygens (including phenoxy) is 3. The molecule has 2 aromatic carbocycles. The predicted octanol–water partition coefficient (Wildman–Crippen LogP) is 3.85. The fourth-order valence-corrected chi connectivity index (χ4v) is 2.74. The average molecular weight is 397 g/mol. The normalized spacial score (nSPS) is 10.3. The number of furan rings is 1. The van der Waals surface area contributed by atoms with Crippen molar-refractivity contribution in [1.29, 1.82) is 0 Å². The summed E-state index contributed by atoms with van der Waals surface area (Å²) in [5.41, 5.74) is 0.704. The Bertz CT molecular complexity index is 1040. The molecule has 8 heteroatoms. The Kier molecular flexibility index (Phi) is 5.73. The molecule has 0 aliphatic rings. The van der Waals surface area contributed by atoms with Gasteiger partial charge in [0, 0.05) is 12.5 Å². The maximum absolute atomic E-state index is 12.5. The lowest BCUT2D eigenvalue weighted by atomic mass is 10.1. The van der Waals surface area contributed by atoms with Crippen molar-refractivity contribution in [3.05, 3.63) is 54.1 Å². The van der Waals surface area contributed by atoms with Crippen molar-refractivity contribution in [1.82, 2.24) is 0 Å². The summed E-state index contributed by atoms with van der Waals surface area (Å²) >= 11 is 0. The molecule has 2 N–H and O–H groups in total. The molecule has 0 atom stereocenters. The molecule has 0 spiro atoms. The van der Waals surface area contributed by atoms with Crippen LogP contribution >= 0.6 is 0 Å². The Morgan fingerprint density at radius 1 is 0.966 bits per heavy atom. The number of carbonyl (C=O) groups excluding carboxylic acids is 2. The summed E-state index contributed by atoms with van der Waals surface area (Å²) in [5, 5.41) is 13.2. The summed E-state index contributed by atoms with van der Waals surface area (Å²) in [6.07, 6.45) is 0. The van der Waals surface area contributed by atoms with Crippen molar-refractivity contribution in [3.63, 3.8) is 0 Å². The van der Waals surface area contributed by atoms with E-state index in [4.69, 9.17) is 18.6 Å². The van der Waals surface area contributed by atoms with Gasteiger partial charge in [0.05, 0.1) is 19.8 Å². The topological polar surface area (TPSA) is 107 Å². The Labute approximate surface area is 166 Å². The van der Waals surface area contributed by atoms with Crippen LogP contribution in [0.25, 0.3) is 11.3 Å². The van der Waals surface area contributed by atoms with Crippen LogP contribution in [0, 0.1) is 0 Å². The van der Waals surface area contributed by atoms with Crippen LogP contribution in [0.4, 0.5) is 5.88 Å². The van der Waals surface area contributed by atoms with Crippen molar-refractivity contribution < 1.29 is 33.3 Å². The highest BCUT2D eigenvalue weighted by molar-refractivity contribution is 6.05. The van der Waals surface area contributed by atoms with Crippen molar-refractivity contribution in [2.24, 2.45) is 0 Å². The number of methoxy groups -OCH3 is 2. The summed E-state index contributed by atoms with van der Waals surface area (Å²) in [5.74, 6) is -1.53. The number of benzene rings is 2. The van der Waals surface area contributed by atoms with Crippen LogP contribution < -0.4 is 19.5 Å². The van der Waals surface area contributed by atoms with E-state index >= 15 is 0 Å². The molecule has 1 aromatic heterocycles. The zero-order valence-electron chi connectivity index (χ0n) is 16.0.